The first-order chi connectivity index (χ1) is 15.9. The van der Waals surface area contributed by atoms with Crippen LogP contribution in [-0.2, 0) is 20.7 Å². The normalized spacial score (nSPS) is 20.5. The van der Waals surface area contributed by atoms with Gasteiger partial charge in [-0.2, -0.15) is 0 Å². The fourth-order valence-electron chi connectivity index (χ4n) is 4.97. The monoisotopic (exact) mass is 469 g/mol. The van der Waals surface area contributed by atoms with Crippen LogP contribution in [-0.4, -0.2) is 36.9 Å². The van der Waals surface area contributed by atoms with Crippen LogP contribution in [0.5, 0.6) is 0 Å². The Bertz CT molecular complexity index is 918. The number of methoxy groups -OCH3 is 1. The van der Waals surface area contributed by atoms with E-state index < -0.39 is 0 Å². The number of allylic oxidation sites excluding steroid dienone is 3. The highest BCUT2D eigenvalue weighted by Crippen LogP contribution is 2.41. The summed E-state index contributed by atoms with van der Waals surface area (Å²) >= 11 is 6.31. The summed E-state index contributed by atoms with van der Waals surface area (Å²) in [5, 5.41) is 0.680. The highest BCUT2D eigenvalue weighted by atomic mass is 35.5. The molecule has 2 aliphatic rings. The number of rotatable bonds is 12. The van der Waals surface area contributed by atoms with E-state index in [1.807, 2.05) is 19.1 Å². The number of likely N-dealkylation sites (N-methyl/N-ethyl adjacent to an activating group) is 1. The molecule has 0 fully saturated rings. The average Bonchev–Trinajstić information content (AvgIpc) is 3.07. The zero-order valence-corrected chi connectivity index (χ0v) is 20.8. The van der Waals surface area contributed by atoms with Gasteiger partial charge in [0.05, 0.1) is 13.2 Å². The second-order valence-corrected chi connectivity index (χ2v) is 9.75. The number of carbonyl (C=O) groups excluding carboxylic acids is 2. The van der Waals surface area contributed by atoms with Crippen LogP contribution in [0, 0.1) is 11.8 Å². The third-order valence-electron chi connectivity index (χ3n) is 6.73. The summed E-state index contributed by atoms with van der Waals surface area (Å²) in [6.07, 6.45) is 13.2. The summed E-state index contributed by atoms with van der Waals surface area (Å²) in [6.45, 7) is 1.93. The number of benzene rings is 1. The van der Waals surface area contributed by atoms with E-state index in [1.165, 1.54) is 25.5 Å². The maximum Gasteiger partial charge on any atom is 0.305 e. The number of unbranched alkanes of at least 4 members (excludes halogenated alkanes) is 3. The van der Waals surface area contributed by atoms with Crippen molar-refractivity contribution in [3.63, 3.8) is 0 Å². The highest BCUT2D eigenvalue weighted by molar-refractivity contribution is 6.31. The van der Waals surface area contributed by atoms with Crippen molar-refractivity contribution < 1.29 is 14.3 Å². The van der Waals surface area contributed by atoms with Crippen LogP contribution in [0.25, 0.3) is 0 Å². The lowest BCUT2D eigenvalue weighted by atomic mass is 9.85. The lowest BCUT2D eigenvalue weighted by Gasteiger charge is -2.27. The van der Waals surface area contributed by atoms with Crippen molar-refractivity contribution in [1.82, 2.24) is 4.90 Å². The van der Waals surface area contributed by atoms with E-state index >= 15 is 0 Å². The molecule has 1 aliphatic carbocycles. The number of ketones is 1. The van der Waals surface area contributed by atoms with Gasteiger partial charge in [0.2, 0.25) is 0 Å². The first-order valence-corrected chi connectivity index (χ1v) is 12.4. The maximum atomic E-state index is 13.4. The van der Waals surface area contributed by atoms with Crippen LogP contribution < -0.4 is 0 Å². The van der Waals surface area contributed by atoms with Gasteiger partial charge < -0.3 is 9.64 Å². The lowest BCUT2D eigenvalue weighted by molar-refractivity contribution is -0.141. The first kappa shape index (κ1) is 25.3. The molecule has 1 aliphatic heterocycles. The van der Waals surface area contributed by atoms with E-state index in [4.69, 9.17) is 16.3 Å². The van der Waals surface area contributed by atoms with Crippen LogP contribution in [0.3, 0.4) is 0 Å². The number of carbonyl (C=O) groups is 2. The van der Waals surface area contributed by atoms with Gasteiger partial charge in [-0.15, -0.1) is 0 Å². The van der Waals surface area contributed by atoms with E-state index in [0.29, 0.717) is 11.5 Å². The Morgan fingerprint density at radius 2 is 1.76 bits per heavy atom. The summed E-state index contributed by atoms with van der Waals surface area (Å²) in [5.41, 5.74) is 3.41. The SMILES string of the molecule is COC(=O)CC(C)CC(=O)C1=C(CCCCCCc2ccccc2)N(C)C2C=CC(Cl)=CC12. The van der Waals surface area contributed by atoms with Crippen molar-refractivity contribution in [3.8, 4) is 0 Å². The van der Waals surface area contributed by atoms with E-state index in [9.17, 15) is 9.59 Å². The summed E-state index contributed by atoms with van der Waals surface area (Å²) in [6, 6.07) is 10.7. The Morgan fingerprint density at radius 3 is 2.45 bits per heavy atom. The predicted molar refractivity (Wildman–Crippen MR) is 134 cm³/mol. The zero-order valence-electron chi connectivity index (χ0n) is 20.1. The fraction of sp³-hybridized carbons (Fsp3) is 0.500. The molecular formula is C28H36ClNO3. The number of ether oxygens (including phenoxy) is 1. The molecule has 0 bridgehead atoms. The molecule has 0 saturated heterocycles. The van der Waals surface area contributed by atoms with E-state index in [-0.39, 0.29) is 36.1 Å². The van der Waals surface area contributed by atoms with Gasteiger partial charge in [0, 0.05) is 42.1 Å². The fourth-order valence-corrected chi connectivity index (χ4v) is 5.17. The summed E-state index contributed by atoms with van der Waals surface area (Å²) in [5.74, 6) is -0.219. The molecule has 3 rings (SSSR count). The third kappa shape index (κ3) is 6.83. The van der Waals surface area contributed by atoms with Gasteiger partial charge in [-0.05, 0) is 43.2 Å². The number of fused-ring (bicyclic) bond motifs is 1. The van der Waals surface area contributed by atoms with Crippen molar-refractivity contribution in [1.29, 1.82) is 0 Å². The Labute approximate surface area is 203 Å². The highest BCUT2D eigenvalue weighted by Gasteiger charge is 2.40. The number of esters is 1. The largest absolute Gasteiger partial charge is 0.469 e. The lowest BCUT2D eigenvalue weighted by Crippen LogP contribution is -2.30. The van der Waals surface area contributed by atoms with Crippen molar-refractivity contribution in [2.45, 2.75) is 64.3 Å². The van der Waals surface area contributed by atoms with Gasteiger partial charge in [-0.25, -0.2) is 0 Å². The molecule has 33 heavy (non-hydrogen) atoms. The second-order valence-electron chi connectivity index (χ2n) is 9.31. The third-order valence-corrected chi connectivity index (χ3v) is 6.98. The van der Waals surface area contributed by atoms with E-state index in [0.717, 1.165) is 37.0 Å². The van der Waals surface area contributed by atoms with Gasteiger partial charge in [-0.1, -0.05) is 73.9 Å². The number of halogens is 1. The molecule has 0 amide bonds. The van der Waals surface area contributed by atoms with Crippen LogP contribution in [0.2, 0.25) is 0 Å². The number of hydrogen-bond acceptors (Lipinski definition) is 4. The molecule has 5 heteroatoms. The topological polar surface area (TPSA) is 46.6 Å². The molecule has 0 N–H and O–H groups in total. The predicted octanol–water partition coefficient (Wildman–Crippen LogP) is 6.21. The second kappa shape index (κ2) is 12.2. The minimum atomic E-state index is -0.273. The van der Waals surface area contributed by atoms with Crippen molar-refractivity contribution in [3.05, 3.63) is 70.4 Å². The molecule has 1 aromatic rings. The first-order valence-electron chi connectivity index (χ1n) is 12.1. The summed E-state index contributed by atoms with van der Waals surface area (Å²) in [7, 11) is 3.47. The van der Waals surface area contributed by atoms with Crippen LogP contribution >= 0.6 is 11.6 Å². The minimum Gasteiger partial charge on any atom is -0.469 e. The molecule has 0 aromatic heterocycles. The molecule has 1 heterocycles. The number of hydrogen-bond donors (Lipinski definition) is 0. The average molecular weight is 470 g/mol. The van der Waals surface area contributed by atoms with Crippen molar-refractivity contribution in [2.75, 3.05) is 14.2 Å². The Kier molecular flexibility index (Phi) is 9.37. The van der Waals surface area contributed by atoms with Gasteiger partial charge >= 0.3 is 5.97 Å². The smallest absolute Gasteiger partial charge is 0.305 e. The standard InChI is InChI=1S/C28H36ClNO3/c1-20(18-27(32)33-3)17-26(31)28-23-19-22(29)15-16-24(23)30(2)25(28)14-10-5-4-7-11-21-12-8-6-9-13-21/h6,8-9,12-13,15-16,19-20,23-24H,4-5,7,10-11,14,17-18H2,1-3H3. The minimum absolute atomic E-state index is 0.0154. The molecule has 1 aromatic carbocycles. The maximum absolute atomic E-state index is 13.4. The van der Waals surface area contributed by atoms with Crippen molar-refractivity contribution in [2.24, 2.45) is 11.8 Å². The van der Waals surface area contributed by atoms with Gasteiger partial charge in [0.15, 0.2) is 5.78 Å². The van der Waals surface area contributed by atoms with Crippen LogP contribution in [0.4, 0.5) is 0 Å². The quantitative estimate of drug-likeness (QED) is 0.269. The van der Waals surface area contributed by atoms with Crippen LogP contribution in [0.15, 0.2) is 64.9 Å². The molecule has 0 saturated carbocycles. The summed E-state index contributed by atoms with van der Waals surface area (Å²) in [4.78, 5) is 27.3. The molecule has 3 atom stereocenters. The molecule has 0 spiro atoms. The summed E-state index contributed by atoms with van der Waals surface area (Å²) < 4.78 is 4.77. The zero-order chi connectivity index (χ0) is 23.8. The van der Waals surface area contributed by atoms with E-state index in [2.05, 4.69) is 48.4 Å². The Balaban J connectivity index is 1.62. The number of aryl methyl sites for hydroxylation is 1. The van der Waals surface area contributed by atoms with Gasteiger partial charge in [0.1, 0.15) is 0 Å². The molecule has 178 valence electrons. The molecule has 4 nitrogen and oxygen atoms in total. The van der Waals surface area contributed by atoms with Crippen molar-refractivity contribution >= 4 is 23.4 Å². The molecular weight excluding hydrogens is 434 g/mol. The Morgan fingerprint density at radius 1 is 1.06 bits per heavy atom. The Hall–Kier alpha value is -2.33. The molecule has 3 unspecified atom stereocenters. The molecule has 0 radical (unpaired) electrons. The number of nitrogens with zero attached hydrogens (tertiary/aromatic N) is 1. The van der Waals surface area contributed by atoms with E-state index in [1.54, 1.807) is 0 Å². The number of Topliss-reactive ketones (excluding diaryl/α,β-unsaturated/α-hetero) is 1. The van der Waals surface area contributed by atoms with Crippen LogP contribution in [0.1, 0.15) is 57.4 Å². The van der Waals surface area contributed by atoms with Gasteiger partial charge in [0.25, 0.3) is 0 Å². The van der Waals surface area contributed by atoms with Gasteiger partial charge in [-0.3, -0.25) is 9.59 Å².